The molecule has 0 aliphatic rings. The second kappa shape index (κ2) is 7.86. The molecule has 19 heavy (non-hydrogen) atoms. The van der Waals surface area contributed by atoms with Crippen molar-refractivity contribution in [1.82, 2.24) is 5.32 Å². The number of methoxy groups -OCH3 is 2. The molecule has 0 saturated carbocycles. The summed E-state index contributed by atoms with van der Waals surface area (Å²) in [6.07, 6.45) is 0.750. The van der Waals surface area contributed by atoms with Crippen LogP contribution in [-0.4, -0.2) is 32.9 Å². The predicted octanol–water partition coefficient (Wildman–Crippen LogP) is 2.90. The normalized spacial score (nSPS) is 11.8. The molecule has 1 rings (SSSR count). The molecular formula is C13H19ClN2O3. The van der Waals surface area contributed by atoms with Crippen LogP contribution in [0, 0.1) is 0 Å². The number of hydrogen-bond donors (Lipinski definition) is 2. The lowest BCUT2D eigenvalue weighted by atomic mass is 10.2. The second-order valence-corrected chi connectivity index (χ2v) is 4.53. The summed E-state index contributed by atoms with van der Waals surface area (Å²) in [7, 11) is 3.19. The highest BCUT2D eigenvalue weighted by atomic mass is 35.5. The number of urea groups is 1. The van der Waals surface area contributed by atoms with Crippen LogP contribution in [-0.2, 0) is 4.74 Å². The van der Waals surface area contributed by atoms with E-state index in [0.29, 0.717) is 23.1 Å². The van der Waals surface area contributed by atoms with Gasteiger partial charge in [-0.1, -0.05) is 11.6 Å². The lowest BCUT2D eigenvalue weighted by Gasteiger charge is -2.15. The Kier molecular flexibility index (Phi) is 6.45. The summed E-state index contributed by atoms with van der Waals surface area (Å²) in [6, 6.07) is 4.80. The third-order valence-electron chi connectivity index (χ3n) is 2.56. The summed E-state index contributed by atoms with van der Waals surface area (Å²) in [4.78, 5) is 11.7. The Morgan fingerprint density at radius 1 is 1.42 bits per heavy atom. The van der Waals surface area contributed by atoms with Gasteiger partial charge in [0.1, 0.15) is 5.75 Å². The zero-order chi connectivity index (χ0) is 14.3. The van der Waals surface area contributed by atoms with E-state index in [1.54, 1.807) is 32.4 Å². The molecule has 5 nitrogen and oxygen atoms in total. The Labute approximate surface area is 118 Å². The number of anilines is 1. The summed E-state index contributed by atoms with van der Waals surface area (Å²) in [5.74, 6) is 0.643. The number of amides is 2. The van der Waals surface area contributed by atoms with E-state index < -0.39 is 0 Å². The molecule has 0 aliphatic heterocycles. The maximum Gasteiger partial charge on any atom is 0.319 e. The first-order valence-electron chi connectivity index (χ1n) is 5.96. The minimum atomic E-state index is -0.296. The first-order chi connectivity index (χ1) is 9.06. The number of rotatable bonds is 6. The highest BCUT2D eigenvalue weighted by Gasteiger charge is 2.09. The lowest BCUT2D eigenvalue weighted by molar-refractivity contribution is 0.185. The van der Waals surface area contributed by atoms with Crippen molar-refractivity contribution < 1.29 is 14.3 Å². The van der Waals surface area contributed by atoms with Crippen molar-refractivity contribution in [3.05, 3.63) is 23.2 Å². The molecule has 106 valence electrons. The van der Waals surface area contributed by atoms with Crippen LogP contribution < -0.4 is 15.4 Å². The fraction of sp³-hybridized carbons (Fsp3) is 0.462. The summed E-state index contributed by atoms with van der Waals surface area (Å²) in [5, 5.41) is 5.92. The third kappa shape index (κ3) is 5.36. The van der Waals surface area contributed by atoms with E-state index in [1.807, 2.05) is 6.92 Å². The van der Waals surface area contributed by atoms with Gasteiger partial charge in [-0.25, -0.2) is 4.79 Å². The molecule has 1 atom stereocenters. The fourth-order valence-corrected chi connectivity index (χ4v) is 1.69. The van der Waals surface area contributed by atoms with Crippen LogP contribution in [0.2, 0.25) is 5.02 Å². The molecule has 0 fully saturated rings. The van der Waals surface area contributed by atoms with Gasteiger partial charge < -0.3 is 20.1 Å². The van der Waals surface area contributed by atoms with E-state index in [0.717, 1.165) is 6.42 Å². The van der Waals surface area contributed by atoms with Crippen LogP contribution in [0.1, 0.15) is 13.3 Å². The largest absolute Gasteiger partial charge is 0.497 e. The van der Waals surface area contributed by atoms with Crippen LogP contribution in [0.5, 0.6) is 5.75 Å². The van der Waals surface area contributed by atoms with E-state index in [2.05, 4.69) is 10.6 Å². The highest BCUT2D eigenvalue weighted by Crippen LogP contribution is 2.26. The van der Waals surface area contributed by atoms with Crippen LogP contribution >= 0.6 is 11.6 Å². The van der Waals surface area contributed by atoms with Gasteiger partial charge in [0, 0.05) is 25.8 Å². The van der Waals surface area contributed by atoms with E-state index in [-0.39, 0.29) is 12.1 Å². The molecular weight excluding hydrogens is 268 g/mol. The molecule has 0 spiro atoms. The summed E-state index contributed by atoms with van der Waals surface area (Å²) in [6.45, 7) is 2.51. The van der Waals surface area contributed by atoms with Gasteiger partial charge in [0.05, 0.1) is 17.8 Å². The topological polar surface area (TPSA) is 59.6 Å². The number of benzene rings is 1. The Hall–Kier alpha value is -1.46. The van der Waals surface area contributed by atoms with Gasteiger partial charge in [-0.15, -0.1) is 0 Å². The predicted molar refractivity (Wildman–Crippen MR) is 76.1 cm³/mol. The van der Waals surface area contributed by atoms with E-state index in [9.17, 15) is 4.79 Å². The number of halogens is 1. The molecule has 0 bridgehead atoms. The van der Waals surface area contributed by atoms with Crippen molar-refractivity contribution in [3.8, 4) is 5.75 Å². The summed E-state index contributed by atoms with van der Waals surface area (Å²) < 4.78 is 9.99. The molecule has 2 N–H and O–H groups in total. The number of carbonyl (C=O) groups excluding carboxylic acids is 1. The highest BCUT2D eigenvalue weighted by molar-refractivity contribution is 6.33. The quantitative estimate of drug-likeness (QED) is 0.845. The average Bonchev–Trinajstić information content (AvgIpc) is 2.38. The van der Waals surface area contributed by atoms with Crippen molar-refractivity contribution >= 4 is 23.3 Å². The minimum Gasteiger partial charge on any atom is -0.497 e. The maximum absolute atomic E-state index is 11.7. The van der Waals surface area contributed by atoms with Crippen molar-refractivity contribution in [2.45, 2.75) is 19.4 Å². The van der Waals surface area contributed by atoms with Gasteiger partial charge >= 0.3 is 6.03 Å². The first kappa shape index (κ1) is 15.6. The molecule has 6 heteroatoms. The molecule has 1 aromatic carbocycles. The Morgan fingerprint density at radius 3 is 2.74 bits per heavy atom. The zero-order valence-electron chi connectivity index (χ0n) is 11.3. The Bertz CT molecular complexity index is 426. The van der Waals surface area contributed by atoms with Gasteiger partial charge in [0.25, 0.3) is 0 Å². The molecule has 0 radical (unpaired) electrons. The van der Waals surface area contributed by atoms with E-state index in [4.69, 9.17) is 21.1 Å². The van der Waals surface area contributed by atoms with Gasteiger partial charge in [-0.2, -0.15) is 0 Å². The number of ether oxygens (including phenoxy) is 2. The molecule has 2 amide bonds. The van der Waals surface area contributed by atoms with Crippen molar-refractivity contribution in [2.75, 3.05) is 26.1 Å². The first-order valence-corrected chi connectivity index (χ1v) is 6.34. The van der Waals surface area contributed by atoms with Crippen molar-refractivity contribution in [3.63, 3.8) is 0 Å². The second-order valence-electron chi connectivity index (χ2n) is 4.13. The standard InChI is InChI=1S/C13H19ClN2O3/c1-9(6-7-18-2)15-13(17)16-12-5-4-10(19-3)8-11(12)14/h4-5,8-9H,6-7H2,1-3H3,(H2,15,16,17)/t9-/m1/s1. The SMILES string of the molecule is COCC[C@@H](C)NC(=O)Nc1ccc(OC)cc1Cl. The van der Waals surface area contributed by atoms with E-state index >= 15 is 0 Å². The molecule has 0 unspecified atom stereocenters. The summed E-state index contributed by atoms with van der Waals surface area (Å²) in [5.41, 5.74) is 0.541. The average molecular weight is 287 g/mol. The maximum atomic E-state index is 11.7. The Balaban J connectivity index is 2.52. The Morgan fingerprint density at radius 2 is 2.16 bits per heavy atom. The van der Waals surface area contributed by atoms with Crippen LogP contribution in [0.4, 0.5) is 10.5 Å². The van der Waals surface area contributed by atoms with Gasteiger partial charge in [-0.3, -0.25) is 0 Å². The van der Waals surface area contributed by atoms with Crippen LogP contribution in [0.15, 0.2) is 18.2 Å². The third-order valence-corrected chi connectivity index (χ3v) is 2.87. The molecule has 0 aromatic heterocycles. The number of carbonyl (C=O) groups is 1. The lowest BCUT2D eigenvalue weighted by Crippen LogP contribution is -2.36. The molecule has 0 heterocycles. The minimum absolute atomic E-state index is 0.0250. The fourth-order valence-electron chi connectivity index (χ4n) is 1.47. The van der Waals surface area contributed by atoms with Gasteiger partial charge in [0.2, 0.25) is 0 Å². The van der Waals surface area contributed by atoms with Crippen molar-refractivity contribution in [1.29, 1.82) is 0 Å². The van der Waals surface area contributed by atoms with Crippen LogP contribution in [0.3, 0.4) is 0 Å². The number of nitrogens with one attached hydrogen (secondary N) is 2. The summed E-state index contributed by atoms with van der Waals surface area (Å²) >= 11 is 6.03. The monoisotopic (exact) mass is 286 g/mol. The van der Waals surface area contributed by atoms with Crippen LogP contribution in [0.25, 0.3) is 0 Å². The van der Waals surface area contributed by atoms with Gasteiger partial charge in [-0.05, 0) is 25.5 Å². The van der Waals surface area contributed by atoms with Crippen molar-refractivity contribution in [2.24, 2.45) is 0 Å². The zero-order valence-corrected chi connectivity index (χ0v) is 12.1. The molecule has 0 aliphatic carbocycles. The van der Waals surface area contributed by atoms with E-state index in [1.165, 1.54) is 0 Å². The van der Waals surface area contributed by atoms with Gasteiger partial charge in [0.15, 0.2) is 0 Å². The smallest absolute Gasteiger partial charge is 0.319 e. The molecule has 1 aromatic rings. The molecule has 0 saturated heterocycles. The number of hydrogen-bond acceptors (Lipinski definition) is 3.